The van der Waals surface area contributed by atoms with Gasteiger partial charge in [-0.1, -0.05) is 11.6 Å². The molecule has 21 heavy (non-hydrogen) atoms. The molecule has 0 saturated carbocycles. The number of methoxy groups -OCH3 is 1. The summed E-state index contributed by atoms with van der Waals surface area (Å²) < 4.78 is 31.8. The van der Waals surface area contributed by atoms with Crippen LogP contribution < -0.4 is 15.2 Å². The molecule has 0 saturated heterocycles. The third-order valence-electron chi connectivity index (χ3n) is 2.56. The molecular weight excluding hydrogens is 316 g/mol. The standard InChI is InChI=1S/C12H13ClN4O3S/c1-7-5-11(13)16-12(15-7)17-21(18,19)10-4-3-8(20-2)6-9(10)14/h3-6H,14H2,1-2H3,(H,15,16,17). The van der Waals surface area contributed by atoms with Crippen LogP contribution >= 0.6 is 11.6 Å². The Morgan fingerprint density at radius 3 is 2.57 bits per heavy atom. The summed E-state index contributed by atoms with van der Waals surface area (Å²) in [6, 6.07) is 5.77. The highest BCUT2D eigenvalue weighted by Gasteiger charge is 2.19. The largest absolute Gasteiger partial charge is 0.497 e. The second-order valence-corrected chi connectivity index (χ2v) is 6.20. The van der Waals surface area contributed by atoms with Crippen LogP contribution in [0.4, 0.5) is 11.6 Å². The van der Waals surface area contributed by atoms with Crippen molar-refractivity contribution < 1.29 is 13.2 Å². The summed E-state index contributed by atoms with van der Waals surface area (Å²) >= 11 is 5.77. The Morgan fingerprint density at radius 2 is 2.00 bits per heavy atom. The molecule has 1 aromatic carbocycles. The second-order valence-electron chi connectivity index (χ2n) is 4.16. The number of nitrogens with zero attached hydrogens (tertiary/aromatic N) is 2. The number of hydrogen-bond donors (Lipinski definition) is 2. The summed E-state index contributed by atoms with van der Waals surface area (Å²) in [6.07, 6.45) is 0. The summed E-state index contributed by atoms with van der Waals surface area (Å²) in [4.78, 5) is 7.67. The molecule has 0 spiro atoms. The van der Waals surface area contributed by atoms with Crippen molar-refractivity contribution in [3.05, 3.63) is 35.1 Å². The summed E-state index contributed by atoms with van der Waals surface area (Å²) in [7, 11) is -2.45. The van der Waals surface area contributed by atoms with Gasteiger partial charge in [0.25, 0.3) is 10.0 Å². The third kappa shape index (κ3) is 3.53. The van der Waals surface area contributed by atoms with Crippen LogP contribution in [-0.2, 0) is 10.0 Å². The van der Waals surface area contributed by atoms with Crippen molar-refractivity contribution in [3.8, 4) is 5.75 Å². The molecular formula is C12H13ClN4O3S. The molecule has 0 bridgehead atoms. The molecule has 0 aliphatic rings. The van der Waals surface area contributed by atoms with Gasteiger partial charge >= 0.3 is 0 Å². The van der Waals surface area contributed by atoms with Crippen molar-refractivity contribution in [3.63, 3.8) is 0 Å². The maximum Gasteiger partial charge on any atom is 0.266 e. The average Bonchev–Trinajstić information content (AvgIpc) is 2.36. The summed E-state index contributed by atoms with van der Waals surface area (Å²) in [5, 5.41) is 0.142. The fourth-order valence-electron chi connectivity index (χ4n) is 1.65. The van der Waals surface area contributed by atoms with Gasteiger partial charge in [-0.3, -0.25) is 0 Å². The maximum atomic E-state index is 12.3. The number of anilines is 2. The van der Waals surface area contributed by atoms with Crippen LogP contribution in [0.2, 0.25) is 5.15 Å². The molecule has 0 unspecified atom stereocenters. The number of aryl methyl sites for hydroxylation is 1. The normalized spacial score (nSPS) is 11.2. The molecule has 0 radical (unpaired) electrons. The van der Waals surface area contributed by atoms with Crippen LogP contribution in [0.1, 0.15) is 5.69 Å². The molecule has 7 nitrogen and oxygen atoms in total. The van der Waals surface area contributed by atoms with E-state index in [0.29, 0.717) is 11.4 Å². The molecule has 112 valence electrons. The molecule has 3 N–H and O–H groups in total. The van der Waals surface area contributed by atoms with Crippen LogP contribution in [0.25, 0.3) is 0 Å². The first kappa shape index (κ1) is 15.3. The van der Waals surface area contributed by atoms with Gasteiger partial charge in [0.05, 0.1) is 12.8 Å². The summed E-state index contributed by atoms with van der Waals surface area (Å²) in [6.45, 7) is 1.67. The molecule has 9 heteroatoms. The van der Waals surface area contributed by atoms with Crippen molar-refractivity contribution in [2.24, 2.45) is 0 Å². The lowest BCUT2D eigenvalue weighted by atomic mass is 10.3. The topological polar surface area (TPSA) is 107 Å². The van der Waals surface area contributed by atoms with E-state index < -0.39 is 10.0 Å². The van der Waals surface area contributed by atoms with E-state index in [1.807, 2.05) is 0 Å². The van der Waals surface area contributed by atoms with Crippen molar-refractivity contribution in [1.82, 2.24) is 9.97 Å². The number of nitrogens with two attached hydrogens (primary N) is 1. The number of halogens is 1. The number of nitrogen functional groups attached to an aromatic ring is 1. The van der Waals surface area contributed by atoms with Crippen molar-refractivity contribution in [2.75, 3.05) is 17.6 Å². The lowest BCUT2D eigenvalue weighted by Crippen LogP contribution is -2.17. The minimum absolute atomic E-state index is 0.0561. The third-order valence-corrected chi connectivity index (χ3v) is 4.15. The SMILES string of the molecule is COc1ccc(S(=O)(=O)Nc2nc(C)cc(Cl)n2)c(N)c1. The first-order valence-corrected chi connectivity index (χ1v) is 7.65. The van der Waals surface area contributed by atoms with Crippen molar-refractivity contribution in [2.45, 2.75) is 11.8 Å². The fourth-order valence-corrected chi connectivity index (χ4v) is 2.95. The molecule has 0 aliphatic carbocycles. The van der Waals surface area contributed by atoms with E-state index in [4.69, 9.17) is 22.1 Å². The molecule has 2 rings (SSSR count). The van der Waals surface area contributed by atoms with Gasteiger partial charge in [-0.05, 0) is 25.1 Å². The molecule has 1 aromatic heterocycles. The van der Waals surface area contributed by atoms with Crippen LogP contribution in [0.15, 0.2) is 29.2 Å². The predicted molar refractivity (Wildman–Crippen MR) is 80.0 cm³/mol. The monoisotopic (exact) mass is 328 g/mol. The zero-order valence-electron chi connectivity index (χ0n) is 11.3. The van der Waals surface area contributed by atoms with Gasteiger partial charge in [0, 0.05) is 11.8 Å². The van der Waals surface area contributed by atoms with Gasteiger partial charge < -0.3 is 10.5 Å². The number of rotatable bonds is 4. The van der Waals surface area contributed by atoms with E-state index >= 15 is 0 Å². The van der Waals surface area contributed by atoms with E-state index in [9.17, 15) is 8.42 Å². The van der Waals surface area contributed by atoms with Crippen molar-refractivity contribution in [1.29, 1.82) is 0 Å². The van der Waals surface area contributed by atoms with E-state index in [-0.39, 0.29) is 21.7 Å². The van der Waals surface area contributed by atoms with E-state index in [0.717, 1.165) is 0 Å². The molecule has 0 amide bonds. The second kappa shape index (κ2) is 5.74. The quantitative estimate of drug-likeness (QED) is 0.655. The number of aromatic nitrogens is 2. The number of ether oxygens (including phenoxy) is 1. The Balaban J connectivity index is 2.38. The minimum atomic E-state index is -3.92. The number of hydrogen-bond acceptors (Lipinski definition) is 6. The Hall–Kier alpha value is -2.06. The van der Waals surface area contributed by atoms with Gasteiger partial charge in [0.2, 0.25) is 5.95 Å². The Labute approximate surface area is 127 Å². The molecule has 0 aliphatic heterocycles. The highest BCUT2D eigenvalue weighted by atomic mass is 35.5. The maximum absolute atomic E-state index is 12.3. The van der Waals surface area contributed by atoms with Gasteiger partial charge in [-0.2, -0.15) is 0 Å². The van der Waals surface area contributed by atoms with E-state index in [1.54, 1.807) is 6.92 Å². The van der Waals surface area contributed by atoms with E-state index in [2.05, 4.69) is 14.7 Å². The zero-order valence-corrected chi connectivity index (χ0v) is 12.9. The van der Waals surface area contributed by atoms with Crippen LogP contribution in [0.3, 0.4) is 0 Å². The Kier molecular flexibility index (Phi) is 4.19. The summed E-state index contributed by atoms with van der Waals surface area (Å²) in [5.41, 5.74) is 6.32. The highest BCUT2D eigenvalue weighted by Crippen LogP contribution is 2.25. The van der Waals surface area contributed by atoms with Crippen LogP contribution in [-0.4, -0.2) is 25.5 Å². The molecule has 1 heterocycles. The van der Waals surface area contributed by atoms with Gasteiger partial charge in [0.15, 0.2) is 0 Å². The van der Waals surface area contributed by atoms with Gasteiger partial charge in [-0.15, -0.1) is 0 Å². The molecule has 2 aromatic rings. The number of sulfonamides is 1. The highest BCUT2D eigenvalue weighted by molar-refractivity contribution is 7.92. The molecule has 0 atom stereocenters. The van der Waals surface area contributed by atoms with Crippen molar-refractivity contribution >= 4 is 33.3 Å². The first-order valence-electron chi connectivity index (χ1n) is 5.79. The summed E-state index contributed by atoms with van der Waals surface area (Å²) in [5.74, 6) is 0.344. The predicted octanol–water partition coefficient (Wildman–Crippen LogP) is 1.83. The Morgan fingerprint density at radius 1 is 1.29 bits per heavy atom. The van der Waals surface area contributed by atoms with E-state index in [1.165, 1.54) is 31.4 Å². The first-order chi connectivity index (χ1) is 9.81. The van der Waals surface area contributed by atoms with Crippen LogP contribution in [0, 0.1) is 6.92 Å². The number of nitrogens with one attached hydrogen (secondary N) is 1. The van der Waals surface area contributed by atoms with Gasteiger partial charge in [0.1, 0.15) is 15.8 Å². The lowest BCUT2D eigenvalue weighted by molar-refractivity contribution is 0.414. The molecule has 0 fully saturated rings. The fraction of sp³-hybridized carbons (Fsp3) is 0.167. The lowest BCUT2D eigenvalue weighted by Gasteiger charge is -2.10. The smallest absolute Gasteiger partial charge is 0.266 e. The number of benzene rings is 1. The minimum Gasteiger partial charge on any atom is -0.497 e. The average molecular weight is 329 g/mol. The van der Waals surface area contributed by atoms with Crippen LogP contribution in [0.5, 0.6) is 5.75 Å². The van der Waals surface area contributed by atoms with Gasteiger partial charge in [-0.25, -0.2) is 23.1 Å². The Bertz CT molecular complexity index is 760. The zero-order chi connectivity index (χ0) is 15.6.